The van der Waals surface area contributed by atoms with E-state index in [0.717, 1.165) is 18.3 Å². The minimum absolute atomic E-state index is 0.441. The van der Waals surface area contributed by atoms with Crippen molar-refractivity contribution in [3.8, 4) is 0 Å². The van der Waals surface area contributed by atoms with Crippen molar-refractivity contribution in [3.63, 3.8) is 0 Å². The van der Waals surface area contributed by atoms with Crippen LogP contribution >= 0.6 is 0 Å². The summed E-state index contributed by atoms with van der Waals surface area (Å²) >= 11 is 0. The summed E-state index contributed by atoms with van der Waals surface area (Å²) in [6.45, 7) is 11.9. The van der Waals surface area contributed by atoms with Gasteiger partial charge in [-0.2, -0.15) is 0 Å². The van der Waals surface area contributed by atoms with Crippen LogP contribution in [0.1, 0.15) is 59.7 Å². The van der Waals surface area contributed by atoms with Crippen LogP contribution in [0.15, 0.2) is 36.4 Å². The maximum absolute atomic E-state index is 2.77. The van der Waals surface area contributed by atoms with E-state index in [-0.39, 0.29) is 0 Å². The zero-order chi connectivity index (χ0) is 16.8. The molecule has 0 radical (unpaired) electrons. The molecule has 0 amide bonds. The predicted octanol–water partition coefficient (Wildman–Crippen LogP) is 5.27. The molecule has 1 fully saturated rings. The van der Waals surface area contributed by atoms with E-state index in [1.807, 2.05) is 0 Å². The van der Waals surface area contributed by atoms with Gasteiger partial charge >= 0.3 is 0 Å². The first-order valence-electron chi connectivity index (χ1n) is 9.45. The van der Waals surface area contributed by atoms with Crippen LogP contribution in [-0.4, -0.2) is 18.0 Å². The molecule has 2 atom stereocenters. The molecular formula is C23H29N. The van der Waals surface area contributed by atoms with Crippen molar-refractivity contribution >= 4 is 0 Å². The number of nitrogens with zero attached hydrogens (tertiary/aromatic N) is 1. The lowest BCUT2D eigenvalue weighted by molar-refractivity contribution is 0.109. The molecule has 126 valence electrons. The average molecular weight is 319 g/mol. The van der Waals surface area contributed by atoms with Crippen LogP contribution in [0.4, 0.5) is 0 Å². The van der Waals surface area contributed by atoms with E-state index in [0.29, 0.717) is 6.04 Å². The molecule has 24 heavy (non-hydrogen) atoms. The van der Waals surface area contributed by atoms with E-state index >= 15 is 0 Å². The van der Waals surface area contributed by atoms with Crippen LogP contribution in [-0.2, 0) is 6.42 Å². The molecule has 0 N–H and O–H groups in total. The summed E-state index contributed by atoms with van der Waals surface area (Å²) in [5.74, 6) is 1.58. The topological polar surface area (TPSA) is 3.24 Å². The summed E-state index contributed by atoms with van der Waals surface area (Å²) in [6.07, 6.45) is 2.45. The second-order valence-corrected chi connectivity index (χ2v) is 8.27. The van der Waals surface area contributed by atoms with Gasteiger partial charge in [-0.05, 0) is 71.9 Å². The molecule has 0 spiro atoms. The first kappa shape index (κ1) is 15.9. The predicted molar refractivity (Wildman–Crippen MR) is 102 cm³/mol. The van der Waals surface area contributed by atoms with Gasteiger partial charge in [0.1, 0.15) is 0 Å². The van der Waals surface area contributed by atoms with Crippen molar-refractivity contribution in [1.29, 1.82) is 0 Å². The molecular weight excluding hydrogens is 290 g/mol. The lowest BCUT2D eigenvalue weighted by atomic mass is 9.76. The fraction of sp³-hybridized carbons (Fsp3) is 0.478. The molecule has 2 aromatic rings. The van der Waals surface area contributed by atoms with Crippen LogP contribution in [0.5, 0.6) is 0 Å². The minimum Gasteiger partial charge on any atom is -0.292 e. The van der Waals surface area contributed by atoms with Gasteiger partial charge in [-0.15, -0.1) is 0 Å². The number of rotatable bonds is 1. The molecule has 1 nitrogen and oxygen atoms in total. The highest BCUT2D eigenvalue weighted by Crippen LogP contribution is 2.43. The van der Waals surface area contributed by atoms with Crippen molar-refractivity contribution in [2.45, 2.75) is 46.6 Å². The molecule has 1 aliphatic heterocycles. The van der Waals surface area contributed by atoms with Gasteiger partial charge in [-0.3, -0.25) is 4.90 Å². The van der Waals surface area contributed by atoms with Gasteiger partial charge in [0.25, 0.3) is 0 Å². The molecule has 0 bridgehead atoms. The number of benzene rings is 2. The van der Waals surface area contributed by atoms with Crippen LogP contribution in [0.3, 0.4) is 0 Å². The summed E-state index contributed by atoms with van der Waals surface area (Å²) in [4.78, 5) is 2.77. The van der Waals surface area contributed by atoms with Gasteiger partial charge < -0.3 is 0 Å². The highest BCUT2D eigenvalue weighted by Gasteiger charge is 2.35. The Morgan fingerprint density at radius 3 is 1.79 bits per heavy atom. The molecule has 1 heterocycles. The minimum atomic E-state index is 0.441. The van der Waals surface area contributed by atoms with E-state index < -0.39 is 0 Å². The van der Waals surface area contributed by atoms with Crippen LogP contribution < -0.4 is 0 Å². The standard InChI is InChI=1S/C23H29N/c1-15-11-16(2)14-24(13-15)23-21-17(3)7-5-9-19(21)12-20-10-6-8-18(4)22(20)23/h5-10,15-16,23H,11-14H2,1-4H3. The van der Waals surface area contributed by atoms with Gasteiger partial charge in [0.2, 0.25) is 0 Å². The molecule has 0 saturated carbocycles. The molecule has 1 aliphatic carbocycles. The number of piperidine rings is 1. The Morgan fingerprint density at radius 2 is 1.29 bits per heavy atom. The summed E-state index contributed by atoms with van der Waals surface area (Å²) in [6, 6.07) is 14.2. The number of likely N-dealkylation sites (tertiary alicyclic amines) is 1. The summed E-state index contributed by atoms with van der Waals surface area (Å²) < 4.78 is 0. The summed E-state index contributed by atoms with van der Waals surface area (Å²) in [7, 11) is 0. The highest BCUT2D eigenvalue weighted by molar-refractivity contribution is 5.54. The lowest BCUT2D eigenvalue weighted by Gasteiger charge is -2.44. The molecule has 2 unspecified atom stereocenters. The zero-order valence-electron chi connectivity index (χ0n) is 15.5. The third kappa shape index (κ3) is 2.59. The number of aryl methyl sites for hydroxylation is 2. The Balaban J connectivity index is 1.89. The Kier molecular flexibility index (Phi) is 4.00. The van der Waals surface area contributed by atoms with Gasteiger partial charge in [0, 0.05) is 13.1 Å². The van der Waals surface area contributed by atoms with Crippen molar-refractivity contribution in [3.05, 3.63) is 69.8 Å². The average Bonchev–Trinajstić information content (AvgIpc) is 2.52. The van der Waals surface area contributed by atoms with Crippen LogP contribution in [0.25, 0.3) is 0 Å². The maximum Gasteiger partial charge on any atom is 0.0612 e. The molecule has 1 saturated heterocycles. The van der Waals surface area contributed by atoms with Gasteiger partial charge in [0.05, 0.1) is 6.04 Å². The number of hydrogen-bond acceptors (Lipinski definition) is 1. The normalized spacial score (nSPS) is 24.5. The molecule has 2 aliphatic rings. The molecule has 1 heteroatoms. The van der Waals surface area contributed by atoms with E-state index in [2.05, 4.69) is 69.0 Å². The van der Waals surface area contributed by atoms with E-state index in [1.165, 1.54) is 41.8 Å². The fourth-order valence-electron chi connectivity index (χ4n) is 5.21. The SMILES string of the molecule is Cc1cccc2c1C(N1CC(C)CC(C)C1)c1c(C)cccc1C2. The largest absolute Gasteiger partial charge is 0.292 e. The Bertz CT molecular complexity index is 699. The van der Waals surface area contributed by atoms with Crippen molar-refractivity contribution in [2.24, 2.45) is 11.8 Å². The maximum atomic E-state index is 2.77. The second kappa shape index (κ2) is 6.04. The zero-order valence-corrected chi connectivity index (χ0v) is 15.5. The smallest absolute Gasteiger partial charge is 0.0612 e. The first-order valence-corrected chi connectivity index (χ1v) is 9.45. The molecule has 0 aromatic heterocycles. The number of fused-ring (bicyclic) bond motifs is 2. The van der Waals surface area contributed by atoms with Crippen molar-refractivity contribution in [2.75, 3.05) is 13.1 Å². The summed E-state index contributed by atoms with van der Waals surface area (Å²) in [5.41, 5.74) is 9.14. The lowest BCUT2D eigenvalue weighted by Crippen LogP contribution is -2.43. The van der Waals surface area contributed by atoms with Crippen LogP contribution in [0.2, 0.25) is 0 Å². The molecule has 4 rings (SSSR count). The van der Waals surface area contributed by atoms with E-state index in [4.69, 9.17) is 0 Å². The number of hydrogen-bond donors (Lipinski definition) is 0. The Morgan fingerprint density at radius 1 is 0.792 bits per heavy atom. The van der Waals surface area contributed by atoms with E-state index in [1.54, 1.807) is 11.1 Å². The van der Waals surface area contributed by atoms with Crippen molar-refractivity contribution in [1.82, 2.24) is 4.90 Å². The van der Waals surface area contributed by atoms with Crippen molar-refractivity contribution < 1.29 is 0 Å². The monoisotopic (exact) mass is 319 g/mol. The third-order valence-electron chi connectivity index (χ3n) is 6.02. The van der Waals surface area contributed by atoms with Gasteiger partial charge in [-0.1, -0.05) is 50.2 Å². The van der Waals surface area contributed by atoms with Gasteiger partial charge in [0.15, 0.2) is 0 Å². The second-order valence-electron chi connectivity index (χ2n) is 8.27. The van der Waals surface area contributed by atoms with E-state index in [9.17, 15) is 0 Å². The summed E-state index contributed by atoms with van der Waals surface area (Å²) in [5, 5.41) is 0. The third-order valence-corrected chi connectivity index (χ3v) is 6.02. The quantitative estimate of drug-likeness (QED) is 0.691. The highest BCUT2D eigenvalue weighted by atomic mass is 15.2. The fourth-order valence-corrected chi connectivity index (χ4v) is 5.21. The Hall–Kier alpha value is -1.60. The molecule has 2 aromatic carbocycles. The van der Waals surface area contributed by atoms with Crippen LogP contribution in [0, 0.1) is 25.7 Å². The first-order chi connectivity index (χ1) is 11.5. The van der Waals surface area contributed by atoms with Gasteiger partial charge in [-0.25, -0.2) is 0 Å². The Labute approximate surface area is 146 Å².